The lowest BCUT2D eigenvalue weighted by Crippen LogP contribution is -2.49. The number of hydrogen-bond donors (Lipinski definition) is 0. The molecule has 25 heavy (non-hydrogen) atoms. The fraction of sp³-hybridized carbons (Fsp3) is 0.478. The van der Waals surface area contributed by atoms with Crippen LogP contribution in [0.25, 0.3) is 11.1 Å². The Bertz CT molecular complexity index is 671. The van der Waals surface area contributed by atoms with Crippen molar-refractivity contribution in [2.24, 2.45) is 0 Å². The molecule has 1 saturated carbocycles. The summed E-state index contributed by atoms with van der Waals surface area (Å²) in [5.74, 6) is 0.711. The summed E-state index contributed by atoms with van der Waals surface area (Å²) in [5, 5.41) is 0. The molecule has 2 aromatic carbocycles. The van der Waals surface area contributed by atoms with Crippen LogP contribution in [0, 0.1) is 0 Å². The molecule has 0 radical (unpaired) electrons. The van der Waals surface area contributed by atoms with Gasteiger partial charge in [0.25, 0.3) is 0 Å². The Morgan fingerprint density at radius 3 is 2.12 bits per heavy atom. The van der Waals surface area contributed by atoms with E-state index in [9.17, 15) is 0 Å². The molecule has 1 saturated heterocycles. The van der Waals surface area contributed by atoms with Gasteiger partial charge in [0.2, 0.25) is 0 Å². The van der Waals surface area contributed by atoms with E-state index in [2.05, 4.69) is 73.3 Å². The molecular weight excluding hydrogens is 306 g/mol. The Balaban J connectivity index is 1.42. The highest BCUT2D eigenvalue weighted by atomic mass is 16.5. The fourth-order valence-corrected chi connectivity index (χ4v) is 4.69. The summed E-state index contributed by atoms with van der Waals surface area (Å²) in [4.78, 5) is 2.68. The van der Waals surface area contributed by atoms with Gasteiger partial charge in [0.05, 0.1) is 12.2 Å². The van der Waals surface area contributed by atoms with Crippen LogP contribution in [0.3, 0.4) is 0 Å². The average Bonchev–Trinajstić information content (AvgIpc) is 3.12. The van der Waals surface area contributed by atoms with E-state index in [1.807, 2.05) is 0 Å². The zero-order valence-corrected chi connectivity index (χ0v) is 15.4. The average molecular weight is 335 g/mol. The first-order chi connectivity index (χ1) is 12.2. The van der Waals surface area contributed by atoms with Gasteiger partial charge in [0, 0.05) is 19.1 Å². The highest BCUT2D eigenvalue weighted by Gasteiger charge is 2.33. The standard InChI is InChI=1S/C23H29NO/c1-17-15-24(16-18(2)25-17)23-13-12-22(14-23)21-10-8-20(9-11-21)19-6-4-3-5-7-19/h3-11,17-18,22-23H,12-16H2,1-2H3/t17-,18+,22-,23+/m0/s1. The van der Waals surface area contributed by atoms with Crippen LogP contribution in [0.2, 0.25) is 0 Å². The van der Waals surface area contributed by atoms with Crippen molar-refractivity contribution in [2.45, 2.75) is 57.3 Å². The minimum absolute atomic E-state index is 0.368. The van der Waals surface area contributed by atoms with Gasteiger partial charge in [-0.2, -0.15) is 0 Å². The summed E-state index contributed by atoms with van der Waals surface area (Å²) in [6.07, 6.45) is 4.67. The first-order valence-electron chi connectivity index (χ1n) is 9.74. The van der Waals surface area contributed by atoms with Gasteiger partial charge >= 0.3 is 0 Å². The number of benzene rings is 2. The van der Waals surface area contributed by atoms with Crippen LogP contribution >= 0.6 is 0 Å². The van der Waals surface area contributed by atoms with Crippen LogP contribution < -0.4 is 0 Å². The number of hydrogen-bond acceptors (Lipinski definition) is 2. The lowest BCUT2D eigenvalue weighted by atomic mass is 9.94. The Kier molecular flexibility index (Phi) is 4.91. The van der Waals surface area contributed by atoms with Gasteiger partial charge in [0.15, 0.2) is 0 Å². The van der Waals surface area contributed by atoms with Gasteiger partial charge < -0.3 is 4.74 Å². The molecule has 0 bridgehead atoms. The molecule has 1 aliphatic carbocycles. The van der Waals surface area contributed by atoms with E-state index in [0.29, 0.717) is 18.1 Å². The van der Waals surface area contributed by atoms with Crippen LogP contribution in [-0.2, 0) is 4.74 Å². The molecule has 2 heteroatoms. The maximum atomic E-state index is 5.90. The Morgan fingerprint density at radius 2 is 1.44 bits per heavy atom. The second kappa shape index (κ2) is 7.31. The van der Waals surface area contributed by atoms with E-state index < -0.39 is 0 Å². The van der Waals surface area contributed by atoms with Crippen molar-refractivity contribution < 1.29 is 4.74 Å². The Labute approximate surface area is 151 Å². The zero-order valence-electron chi connectivity index (χ0n) is 15.4. The van der Waals surface area contributed by atoms with Gasteiger partial charge in [-0.15, -0.1) is 0 Å². The van der Waals surface area contributed by atoms with Crippen LogP contribution in [0.5, 0.6) is 0 Å². The first-order valence-corrected chi connectivity index (χ1v) is 9.74. The van der Waals surface area contributed by atoms with E-state index in [1.165, 1.54) is 36.0 Å². The lowest BCUT2D eigenvalue weighted by molar-refractivity contribution is -0.0796. The zero-order chi connectivity index (χ0) is 17.2. The lowest BCUT2D eigenvalue weighted by Gasteiger charge is -2.39. The number of rotatable bonds is 3. The van der Waals surface area contributed by atoms with Gasteiger partial charge in [-0.25, -0.2) is 0 Å². The van der Waals surface area contributed by atoms with Crippen molar-refractivity contribution in [2.75, 3.05) is 13.1 Å². The van der Waals surface area contributed by atoms with Crippen molar-refractivity contribution >= 4 is 0 Å². The molecule has 4 rings (SSSR count). The monoisotopic (exact) mass is 335 g/mol. The largest absolute Gasteiger partial charge is 0.373 e. The summed E-state index contributed by atoms with van der Waals surface area (Å²) >= 11 is 0. The number of ether oxygens (including phenoxy) is 1. The molecule has 0 aromatic heterocycles. The third-order valence-corrected chi connectivity index (χ3v) is 5.86. The summed E-state index contributed by atoms with van der Waals surface area (Å²) in [6, 6.07) is 20.7. The van der Waals surface area contributed by atoms with Gasteiger partial charge in [-0.3, -0.25) is 4.90 Å². The molecular formula is C23H29NO. The predicted molar refractivity (Wildman–Crippen MR) is 104 cm³/mol. The third kappa shape index (κ3) is 3.80. The maximum Gasteiger partial charge on any atom is 0.0678 e. The molecule has 2 aliphatic rings. The molecule has 4 atom stereocenters. The summed E-state index contributed by atoms with van der Waals surface area (Å²) in [5.41, 5.74) is 4.13. The molecule has 2 nitrogen and oxygen atoms in total. The summed E-state index contributed by atoms with van der Waals surface area (Å²) < 4.78 is 5.90. The molecule has 0 spiro atoms. The Morgan fingerprint density at radius 1 is 0.800 bits per heavy atom. The van der Waals surface area contributed by atoms with Crippen LogP contribution in [0.1, 0.15) is 44.6 Å². The molecule has 1 aliphatic heterocycles. The molecule has 132 valence electrons. The summed E-state index contributed by atoms with van der Waals surface area (Å²) in [6.45, 7) is 6.60. The number of nitrogens with zero attached hydrogens (tertiary/aromatic N) is 1. The third-order valence-electron chi connectivity index (χ3n) is 5.86. The fourth-order valence-electron chi connectivity index (χ4n) is 4.69. The van der Waals surface area contributed by atoms with E-state index in [1.54, 1.807) is 0 Å². The predicted octanol–water partition coefficient (Wildman–Crippen LogP) is 5.10. The Hall–Kier alpha value is -1.64. The van der Waals surface area contributed by atoms with E-state index in [0.717, 1.165) is 19.1 Å². The molecule has 2 aromatic rings. The van der Waals surface area contributed by atoms with Crippen molar-refractivity contribution in [3.8, 4) is 11.1 Å². The van der Waals surface area contributed by atoms with E-state index in [4.69, 9.17) is 4.74 Å². The normalized spacial score (nSPS) is 30.5. The van der Waals surface area contributed by atoms with Crippen molar-refractivity contribution in [3.05, 3.63) is 60.2 Å². The molecule has 2 fully saturated rings. The highest BCUT2D eigenvalue weighted by Crippen LogP contribution is 2.38. The van der Waals surface area contributed by atoms with Crippen LogP contribution in [-0.4, -0.2) is 36.2 Å². The molecule has 0 N–H and O–H groups in total. The second-order valence-corrected chi connectivity index (χ2v) is 7.86. The number of morpholine rings is 1. The van der Waals surface area contributed by atoms with Gasteiger partial charge in [0.1, 0.15) is 0 Å². The van der Waals surface area contributed by atoms with Crippen LogP contribution in [0.15, 0.2) is 54.6 Å². The topological polar surface area (TPSA) is 12.5 Å². The van der Waals surface area contributed by atoms with Gasteiger partial charge in [-0.05, 0) is 55.7 Å². The molecule has 1 heterocycles. The highest BCUT2D eigenvalue weighted by molar-refractivity contribution is 5.63. The second-order valence-electron chi connectivity index (χ2n) is 7.86. The van der Waals surface area contributed by atoms with Gasteiger partial charge in [-0.1, -0.05) is 54.6 Å². The quantitative estimate of drug-likeness (QED) is 0.774. The smallest absolute Gasteiger partial charge is 0.0678 e. The maximum absolute atomic E-state index is 5.90. The molecule has 0 amide bonds. The van der Waals surface area contributed by atoms with E-state index >= 15 is 0 Å². The van der Waals surface area contributed by atoms with Crippen molar-refractivity contribution in [1.29, 1.82) is 0 Å². The van der Waals surface area contributed by atoms with Crippen molar-refractivity contribution in [3.63, 3.8) is 0 Å². The van der Waals surface area contributed by atoms with Crippen LogP contribution in [0.4, 0.5) is 0 Å². The first kappa shape index (κ1) is 16.8. The molecule has 0 unspecified atom stereocenters. The summed E-state index contributed by atoms with van der Waals surface area (Å²) in [7, 11) is 0. The van der Waals surface area contributed by atoms with Crippen molar-refractivity contribution in [1.82, 2.24) is 4.90 Å². The minimum Gasteiger partial charge on any atom is -0.373 e. The van der Waals surface area contributed by atoms with E-state index in [-0.39, 0.29) is 0 Å². The minimum atomic E-state index is 0.368. The SMILES string of the molecule is C[C@@H]1CN([C@@H]2CC[C@H](c3ccc(-c4ccccc4)cc3)C2)C[C@H](C)O1.